The average Bonchev–Trinajstić information content (AvgIpc) is 3.68. The summed E-state index contributed by atoms with van der Waals surface area (Å²) < 4.78 is 20.8. The molecule has 3 aliphatic heterocycles. The number of aromatic nitrogens is 2. The molecule has 2 atom stereocenters. The fourth-order valence-electron chi connectivity index (χ4n) is 5.85. The first kappa shape index (κ1) is 23.5. The van der Waals surface area contributed by atoms with Crippen molar-refractivity contribution in [1.29, 1.82) is 0 Å². The molecule has 9 heteroatoms. The number of nitrogens with one attached hydrogen (secondary N) is 2. The number of piperidine rings is 2. The highest BCUT2D eigenvalue weighted by molar-refractivity contribution is 6.02. The molecule has 0 bridgehead atoms. The molecule has 0 unspecified atom stereocenters. The molecule has 1 saturated carbocycles. The first-order chi connectivity index (χ1) is 17.4. The van der Waals surface area contributed by atoms with Crippen LogP contribution in [0.5, 0.6) is 5.75 Å². The van der Waals surface area contributed by atoms with Gasteiger partial charge in [0, 0.05) is 30.4 Å². The number of hydrogen-bond donors (Lipinski definition) is 2. The summed E-state index contributed by atoms with van der Waals surface area (Å²) in [6.07, 6.45) is 9.27. The van der Waals surface area contributed by atoms with E-state index in [2.05, 4.69) is 25.5 Å². The van der Waals surface area contributed by atoms with Gasteiger partial charge in [0.05, 0.1) is 11.9 Å². The molecule has 2 N–H and O–H groups in total. The van der Waals surface area contributed by atoms with Gasteiger partial charge in [0.15, 0.2) is 17.2 Å². The summed E-state index contributed by atoms with van der Waals surface area (Å²) in [7, 11) is 0. The molecule has 1 aromatic carbocycles. The largest absolute Gasteiger partial charge is 0.476 e. The van der Waals surface area contributed by atoms with Crippen LogP contribution in [0.15, 0.2) is 24.4 Å². The van der Waals surface area contributed by atoms with Crippen LogP contribution in [0.3, 0.4) is 0 Å². The lowest BCUT2D eigenvalue weighted by molar-refractivity contribution is -0.132. The second kappa shape index (κ2) is 9.18. The Kier molecular flexibility index (Phi) is 5.98. The van der Waals surface area contributed by atoms with Crippen molar-refractivity contribution in [1.82, 2.24) is 14.9 Å². The van der Waals surface area contributed by atoms with Gasteiger partial charge in [-0.15, -0.1) is 0 Å². The Balaban J connectivity index is 1.21. The minimum Gasteiger partial charge on any atom is -0.476 e. The predicted molar refractivity (Wildman–Crippen MR) is 137 cm³/mol. The van der Waals surface area contributed by atoms with Gasteiger partial charge in [-0.1, -0.05) is 6.42 Å². The summed E-state index contributed by atoms with van der Waals surface area (Å²) >= 11 is 0. The van der Waals surface area contributed by atoms with Crippen LogP contribution in [-0.4, -0.2) is 58.1 Å². The summed E-state index contributed by atoms with van der Waals surface area (Å²) in [5.74, 6) is 1.30. The molecule has 0 spiro atoms. The van der Waals surface area contributed by atoms with Gasteiger partial charge in [-0.25, -0.2) is 9.37 Å². The van der Waals surface area contributed by atoms with Crippen LogP contribution < -0.4 is 20.3 Å². The maximum Gasteiger partial charge on any atom is 0.270 e. The van der Waals surface area contributed by atoms with E-state index in [1.165, 1.54) is 19.0 Å². The number of halogens is 1. The van der Waals surface area contributed by atoms with Crippen molar-refractivity contribution in [2.24, 2.45) is 5.92 Å². The van der Waals surface area contributed by atoms with E-state index in [1.54, 1.807) is 13.8 Å². The van der Waals surface area contributed by atoms with Crippen molar-refractivity contribution in [2.75, 3.05) is 35.2 Å². The van der Waals surface area contributed by atoms with E-state index >= 15 is 0 Å². The lowest BCUT2D eigenvalue weighted by atomic mass is 9.89. The zero-order valence-electron chi connectivity index (χ0n) is 21.1. The first-order valence-electron chi connectivity index (χ1n) is 13.3. The second-order valence-electron chi connectivity index (χ2n) is 11.2. The third-order valence-electron chi connectivity index (χ3n) is 7.93. The molecule has 4 aliphatic rings. The fourth-order valence-corrected chi connectivity index (χ4v) is 5.85. The molecule has 6 rings (SSSR count). The Hall–Kier alpha value is -2.94. The minimum atomic E-state index is -0.934. The molecule has 36 heavy (non-hydrogen) atoms. The molecule has 0 radical (unpaired) electrons. The van der Waals surface area contributed by atoms with Gasteiger partial charge in [0.25, 0.3) is 5.91 Å². The van der Waals surface area contributed by atoms with E-state index < -0.39 is 11.4 Å². The van der Waals surface area contributed by atoms with E-state index in [1.807, 2.05) is 23.1 Å². The van der Waals surface area contributed by atoms with Gasteiger partial charge < -0.3 is 20.3 Å². The average molecular weight is 495 g/mol. The van der Waals surface area contributed by atoms with Gasteiger partial charge in [-0.05, 0) is 83.5 Å². The normalized spacial score (nSPS) is 25.5. The SMILES string of the molecule is CC1(C)Oc2cc(Nc3ncc(F)c(N[C@@H]4CCCN5CCCC[C@H]45)n3)ccc2N(CC2CC2)C1=O. The maximum absolute atomic E-state index is 14.7. The summed E-state index contributed by atoms with van der Waals surface area (Å²) in [5.41, 5.74) is 0.573. The zero-order valence-corrected chi connectivity index (χ0v) is 21.1. The van der Waals surface area contributed by atoms with E-state index in [4.69, 9.17) is 4.74 Å². The molecule has 192 valence electrons. The topological polar surface area (TPSA) is 82.6 Å². The van der Waals surface area contributed by atoms with Crippen molar-refractivity contribution >= 4 is 29.0 Å². The van der Waals surface area contributed by atoms with Crippen LogP contribution in [0.4, 0.5) is 27.5 Å². The van der Waals surface area contributed by atoms with E-state index in [0.29, 0.717) is 23.7 Å². The van der Waals surface area contributed by atoms with Crippen LogP contribution >= 0.6 is 0 Å². The Morgan fingerprint density at radius 2 is 1.97 bits per heavy atom. The second-order valence-corrected chi connectivity index (χ2v) is 11.2. The Morgan fingerprint density at radius 1 is 1.14 bits per heavy atom. The third kappa shape index (κ3) is 4.61. The molecule has 2 saturated heterocycles. The van der Waals surface area contributed by atoms with E-state index in [9.17, 15) is 9.18 Å². The number of ether oxygens (including phenoxy) is 1. The highest BCUT2D eigenvalue weighted by Crippen LogP contribution is 2.42. The first-order valence-corrected chi connectivity index (χ1v) is 13.3. The number of hydrogen-bond acceptors (Lipinski definition) is 7. The van der Waals surface area contributed by atoms with Crippen molar-refractivity contribution < 1.29 is 13.9 Å². The molecule has 8 nitrogen and oxygen atoms in total. The van der Waals surface area contributed by atoms with Crippen molar-refractivity contribution in [3.05, 3.63) is 30.2 Å². The highest BCUT2D eigenvalue weighted by Gasteiger charge is 2.42. The zero-order chi connectivity index (χ0) is 24.9. The number of nitrogens with zero attached hydrogens (tertiary/aromatic N) is 4. The molecular formula is C27H35FN6O2. The number of rotatable bonds is 6. The molecule has 1 aromatic heterocycles. The lowest BCUT2D eigenvalue weighted by Gasteiger charge is -2.44. The number of anilines is 4. The third-order valence-corrected chi connectivity index (χ3v) is 7.93. The predicted octanol–water partition coefficient (Wildman–Crippen LogP) is 4.70. The molecule has 3 fully saturated rings. The minimum absolute atomic E-state index is 0.0144. The van der Waals surface area contributed by atoms with Crippen molar-refractivity contribution in [3.8, 4) is 5.75 Å². The van der Waals surface area contributed by atoms with Gasteiger partial charge in [-0.3, -0.25) is 9.69 Å². The van der Waals surface area contributed by atoms with Crippen LogP contribution in [0.25, 0.3) is 0 Å². The van der Waals surface area contributed by atoms with Gasteiger partial charge in [0.2, 0.25) is 5.95 Å². The number of carbonyl (C=O) groups is 1. The Labute approximate surface area is 211 Å². The van der Waals surface area contributed by atoms with Gasteiger partial charge >= 0.3 is 0 Å². The Bertz CT molecular complexity index is 1150. The molecular weight excluding hydrogens is 459 g/mol. The van der Waals surface area contributed by atoms with Crippen LogP contribution in [0, 0.1) is 11.7 Å². The summed E-state index contributed by atoms with van der Waals surface area (Å²) in [4.78, 5) is 26.0. The van der Waals surface area contributed by atoms with Crippen LogP contribution in [-0.2, 0) is 4.79 Å². The summed E-state index contributed by atoms with van der Waals surface area (Å²) in [6.45, 7) is 6.59. The van der Waals surface area contributed by atoms with Gasteiger partial charge in [0.1, 0.15) is 5.75 Å². The molecule has 4 heterocycles. The fraction of sp³-hybridized carbons (Fsp3) is 0.593. The monoisotopic (exact) mass is 494 g/mol. The highest BCUT2D eigenvalue weighted by atomic mass is 19.1. The van der Waals surface area contributed by atoms with E-state index in [0.717, 1.165) is 63.1 Å². The maximum atomic E-state index is 14.7. The lowest BCUT2D eigenvalue weighted by Crippen LogP contribution is -2.53. The van der Waals surface area contributed by atoms with Crippen LogP contribution in [0.1, 0.15) is 58.8 Å². The smallest absolute Gasteiger partial charge is 0.270 e. The summed E-state index contributed by atoms with van der Waals surface area (Å²) in [6, 6.07) is 6.26. The number of carbonyl (C=O) groups excluding carboxylic acids is 1. The number of fused-ring (bicyclic) bond motifs is 2. The van der Waals surface area contributed by atoms with Crippen molar-refractivity contribution in [2.45, 2.75) is 76.5 Å². The summed E-state index contributed by atoms with van der Waals surface area (Å²) in [5, 5.41) is 6.59. The Morgan fingerprint density at radius 3 is 2.81 bits per heavy atom. The molecule has 1 aliphatic carbocycles. The van der Waals surface area contributed by atoms with E-state index in [-0.39, 0.29) is 17.8 Å². The van der Waals surface area contributed by atoms with Crippen molar-refractivity contribution in [3.63, 3.8) is 0 Å². The number of benzene rings is 1. The standard InChI is InChI=1S/C27H35FN6O2/c1-27(2)25(35)34(16-17-8-9-17)22-11-10-18(14-23(22)36-27)30-26-29-15-19(28)24(32-26)31-20-6-5-13-33-12-4-3-7-21(20)33/h10-11,14-15,17,20-21H,3-9,12-13,16H2,1-2H3,(H2,29,30,31,32)/t20-,21-/m1/s1. The molecule has 2 aromatic rings. The van der Waals surface area contributed by atoms with Crippen LogP contribution in [0.2, 0.25) is 0 Å². The number of amides is 1. The van der Waals surface area contributed by atoms with Gasteiger partial charge in [-0.2, -0.15) is 4.98 Å². The molecule has 1 amide bonds. The quantitative estimate of drug-likeness (QED) is 0.602.